The van der Waals surface area contributed by atoms with Gasteiger partial charge < -0.3 is 14.6 Å². The van der Waals surface area contributed by atoms with Gasteiger partial charge in [0.05, 0.1) is 18.6 Å². The molecule has 7 nitrogen and oxygen atoms in total. The van der Waals surface area contributed by atoms with Crippen molar-refractivity contribution >= 4 is 35.0 Å². The Balaban J connectivity index is 1.80. The molecule has 0 saturated carbocycles. The summed E-state index contributed by atoms with van der Waals surface area (Å²) in [5, 5.41) is 8.22. The summed E-state index contributed by atoms with van der Waals surface area (Å²) in [7, 11) is 1.40. The molecule has 2 aromatic rings. The van der Waals surface area contributed by atoms with Crippen LogP contribution in [0.3, 0.4) is 0 Å². The molecule has 9 heteroatoms. The highest BCUT2D eigenvalue weighted by Crippen LogP contribution is 2.35. The van der Waals surface area contributed by atoms with Crippen molar-refractivity contribution in [3.63, 3.8) is 0 Å². The summed E-state index contributed by atoms with van der Waals surface area (Å²) < 4.78 is 24.2. The van der Waals surface area contributed by atoms with Gasteiger partial charge in [-0.3, -0.25) is 14.5 Å². The molecule has 2 aromatic carbocycles. The number of thioether (sulfide) groups is 1. The quantitative estimate of drug-likeness (QED) is 0.689. The maximum absolute atomic E-state index is 13.8. The van der Waals surface area contributed by atoms with E-state index in [2.05, 4.69) is 0 Å². The van der Waals surface area contributed by atoms with E-state index in [1.807, 2.05) is 0 Å². The highest BCUT2D eigenvalue weighted by molar-refractivity contribution is 8.18. The molecule has 2 amide bonds. The molecule has 29 heavy (non-hydrogen) atoms. The van der Waals surface area contributed by atoms with Crippen molar-refractivity contribution < 1.29 is 33.4 Å². The lowest BCUT2D eigenvalue weighted by atomic mass is 10.1. The van der Waals surface area contributed by atoms with E-state index in [9.17, 15) is 18.8 Å². The normalized spacial score (nSPS) is 15.1. The Hall–Kier alpha value is -3.33. The minimum Gasteiger partial charge on any atom is -0.493 e. The second kappa shape index (κ2) is 8.78. The number of amides is 2. The van der Waals surface area contributed by atoms with Gasteiger partial charge in [-0.05, 0) is 41.6 Å². The van der Waals surface area contributed by atoms with Crippen LogP contribution in [0.5, 0.6) is 11.5 Å². The molecule has 0 bridgehead atoms. The number of imide groups is 1. The van der Waals surface area contributed by atoms with Gasteiger partial charge in [0, 0.05) is 5.56 Å². The Morgan fingerprint density at radius 2 is 1.97 bits per heavy atom. The van der Waals surface area contributed by atoms with Crippen LogP contribution in [0.25, 0.3) is 6.08 Å². The summed E-state index contributed by atoms with van der Waals surface area (Å²) in [6, 6.07) is 10.6. The maximum atomic E-state index is 13.8. The molecular weight excluding hydrogens is 401 g/mol. The number of rotatable bonds is 7. The third kappa shape index (κ3) is 4.75. The zero-order valence-electron chi connectivity index (χ0n) is 15.3. The minimum absolute atomic E-state index is 0.153. The van der Waals surface area contributed by atoms with Crippen LogP contribution in [-0.2, 0) is 16.1 Å². The van der Waals surface area contributed by atoms with Crippen molar-refractivity contribution in [3.8, 4) is 11.5 Å². The van der Waals surface area contributed by atoms with Gasteiger partial charge in [0.25, 0.3) is 11.1 Å². The van der Waals surface area contributed by atoms with Crippen LogP contribution in [0.4, 0.5) is 9.18 Å². The maximum Gasteiger partial charge on any atom is 0.341 e. The number of nitrogens with zero attached hydrogens (tertiary/aromatic N) is 1. The summed E-state index contributed by atoms with van der Waals surface area (Å²) in [6.45, 7) is -0.676. The number of ether oxygens (including phenoxy) is 2. The lowest BCUT2D eigenvalue weighted by Gasteiger charge is -2.13. The van der Waals surface area contributed by atoms with Crippen molar-refractivity contribution in [2.75, 3.05) is 13.7 Å². The van der Waals surface area contributed by atoms with Gasteiger partial charge in [0.2, 0.25) is 0 Å². The monoisotopic (exact) mass is 417 g/mol. The van der Waals surface area contributed by atoms with Crippen LogP contribution in [-0.4, -0.2) is 40.8 Å². The van der Waals surface area contributed by atoms with E-state index in [1.54, 1.807) is 18.2 Å². The lowest BCUT2D eigenvalue weighted by molar-refractivity contribution is -0.139. The Morgan fingerprint density at radius 1 is 1.21 bits per heavy atom. The first-order chi connectivity index (χ1) is 13.9. The fourth-order valence-electron chi connectivity index (χ4n) is 2.62. The van der Waals surface area contributed by atoms with E-state index in [0.717, 1.165) is 16.7 Å². The van der Waals surface area contributed by atoms with Crippen LogP contribution >= 0.6 is 11.8 Å². The number of methoxy groups -OCH3 is 1. The molecule has 0 atom stereocenters. The molecule has 150 valence electrons. The lowest BCUT2D eigenvalue weighted by Crippen LogP contribution is -2.27. The number of hydrogen-bond acceptors (Lipinski definition) is 6. The average molecular weight is 417 g/mol. The molecule has 0 aromatic heterocycles. The van der Waals surface area contributed by atoms with Gasteiger partial charge in [-0.15, -0.1) is 0 Å². The van der Waals surface area contributed by atoms with Crippen LogP contribution in [0.1, 0.15) is 11.1 Å². The standard InChI is InChI=1S/C20H16FNO6S/c1-27-16-8-12(6-7-15(16)28-11-18(23)24)9-17-19(25)22(20(26)29-17)10-13-4-2-3-5-14(13)21/h2-9H,10-11H2,1H3,(H,23,24)/b17-9-. The summed E-state index contributed by atoms with van der Waals surface area (Å²) >= 11 is 0.760. The summed E-state index contributed by atoms with van der Waals surface area (Å²) in [4.78, 5) is 36.7. The van der Waals surface area contributed by atoms with E-state index in [4.69, 9.17) is 14.6 Å². The van der Waals surface area contributed by atoms with Crippen LogP contribution in [0.15, 0.2) is 47.4 Å². The first kappa shape index (κ1) is 20.4. The zero-order chi connectivity index (χ0) is 21.0. The number of carbonyl (C=O) groups is 3. The van der Waals surface area contributed by atoms with E-state index in [1.165, 1.54) is 37.5 Å². The number of halogens is 1. The highest BCUT2D eigenvalue weighted by Gasteiger charge is 2.35. The Kier molecular flexibility index (Phi) is 6.18. The zero-order valence-corrected chi connectivity index (χ0v) is 16.1. The molecule has 1 aliphatic heterocycles. The molecule has 1 saturated heterocycles. The Bertz CT molecular complexity index is 1010. The fraction of sp³-hybridized carbons (Fsp3) is 0.150. The van der Waals surface area contributed by atoms with E-state index >= 15 is 0 Å². The highest BCUT2D eigenvalue weighted by atomic mass is 32.2. The van der Waals surface area contributed by atoms with Crippen LogP contribution in [0, 0.1) is 5.82 Å². The molecule has 0 unspecified atom stereocenters. The van der Waals surface area contributed by atoms with E-state index in [0.29, 0.717) is 5.56 Å². The predicted octanol–water partition coefficient (Wildman–Crippen LogP) is 3.53. The molecule has 3 rings (SSSR count). The smallest absolute Gasteiger partial charge is 0.341 e. The molecular formula is C20H16FNO6S. The van der Waals surface area contributed by atoms with Gasteiger partial charge in [0.15, 0.2) is 18.1 Å². The Labute approximate surface area is 169 Å². The largest absolute Gasteiger partial charge is 0.493 e. The molecule has 0 radical (unpaired) electrons. The van der Waals surface area contributed by atoms with Crippen molar-refractivity contribution in [3.05, 3.63) is 64.3 Å². The fourth-order valence-corrected chi connectivity index (χ4v) is 3.46. The number of carboxylic acid groups (broad SMARTS) is 1. The van der Waals surface area contributed by atoms with Crippen molar-refractivity contribution in [2.45, 2.75) is 6.54 Å². The number of carbonyl (C=O) groups excluding carboxylic acids is 2. The summed E-state index contributed by atoms with van der Waals surface area (Å²) in [5.74, 6) is -1.62. The van der Waals surface area contributed by atoms with Gasteiger partial charge in [-0.1, -0.05) is 24.3 Å². The second-order valence-electron chi connectivity index (χ2n) is 5.95. The number of benzene rings is 2. The SMILES string of the molecule is COc1cc(/C=C2\SC(=O)N(Cc3ccccc3F)C2=O)ccc1OCC(=O)O. The molecule has 1 heterocycles. The van der Waals surface area contributed by atoms with Gasteiger partial charge in [-0.2, -0.15) is 0 Å². The van der Waals surface area contributed by atoms with Crippen molar-refractivity contribution in [2.24, 2.45) is 0 Å². The molecule has 0 spiro atoms. The van der Waals surface area contributed by atoms with Crippen LogP contribution < -0.4 is 9.47 Å². The first-order valence-electron chi connectivity index (χ1n) is 8.40. The first-order valence-corrected chi connectivity index (χ1v) is 9.22. The predicted molar refractivity (Wildman–Crippen MR) is 104 cm³/mol. The van der Waals surface area contributed by atoms with Gasteiger partial charge in [0.1, 0.15) is 5.82 Å². The molecule has 1 N–H and O–H groups in total. The van der Waals surface area contributed by atoms with Gasteiger partial charge in [-0.25, -0.2) is 9.18 Å². The topological polar surface area (TPSA) is 93.1 Å². The third-order valence-electron chi connectivity index (χ3n) is 4.00. The minimum atomic E-state index is -1.13. The average Bonchev–Trinajstić information content (AvgIpc) is 2.95. The number of aliphatic carboxylic acids is 1. The summed E-state index contributed by atoms with van der Waals surface area (Å²) in [6.07, 6.45) is 1.51. The second-order valence-corrected chi connectivity index (χ2v) is 6.95. The molecule has 0 aliphatic carbocycles. The van der Waals surface area contributed by atoms with E-state index in [-0.39, 0.29) is 28.5 Å². The number of carboxylic acids is 1. The van der Waals surface area contributed by atoms with E-state index < -0.39 is 29.5 Å². The van der Waals surface area contributed by atoms with Crippen LogP contribution in [0.2, 0.25) is 0 Å². The van der Waals surface area contributed by atoms with Gasteiger partial charge >= 0.3 is 5.97 Å². The van der Waals surface area contributed by atoms with Crippen molar-refractivity contribution in [1.29, 1.82) is 0 Å². The summed E-state index contributed by atoms with van der Waals surface area (Å²) in [5.41, 5.74) is 0.804. The Morgan fingerprint density at radius 3 is 2.66 bits per heavy atom. The molecule has 1 fully saturated rings. The molecule has 1 aliphatic rings. The third-order valence-corrected chi connectivity index (χ3v) is 4.90. The number of hydrogen-bond donors (Lipinski definition) is 1. The van der Waals surface area contributed by atoms with Crippen molar-refractivity contribution in [1.82, 2.24) is 4.90 Å².